The maximum atomic E-state index is 12.0. The minimum atomic E-state index is 0.262. The number of hydrogen-bond donors (Lipinski definition) is 1. The van der Waals surface area contributed by atoms with Crippen LogP contribution < -0.4 is 5.32 Å². The fourth-order valence-electron chi connectivity index (χ4n) is 2.54. The molecule has 1 atom stereocenters. The first kappa shape index (κ1) is 14.8. The molecule has 110 valence electrons. The Bertz CT molecular complexity index is 459. The van der Waals surface area contributed by atoms with Crippen LogP contribution in [0.4, 0.5) is 5.69 Å². The van der Waals surface area contributed by atoms with Crippen molar-refractivity contribution in [1.82, 2.24) is 9.88 Å². The standard InChI is InChI=1S/C16H25N3O/c1-4-6-17-14-5-7-18-15(9-14)11-19-10-13(12(2)3)8-16(19)20/h5,7,9,12-13H,4,6,8,10-11H2,1-3H3,(H,17,18). The number of carbonyl (C=O) groups is 1. The van der Waals surface area contributed by atoms with Crippen molar-refractivity contribution in [2.75, 3.05) is 18.4 Å². The molecular weight excluding hydrogens is 250 g/mol. The molecule has 1 fully saturated rings. The highest BCUT2D eigenvalue weighted by Crippen LogP contribution is 2.26. The van der Waals surface area contributed by atoms with Crippen molar-refractivity contribution in [2.45, 2.75) is 40.2 Å². The molecule has 1 aromatic rings. The van der Waals surface area contributed by atoms with Crippen molar-refractivity contribution >= 4 is 11.6 Å². The maximum absolute atomic E-state index is 12.0. The van der Waals surface area contributed by atoms with Crippen LogP contribution in [-0.4, -0.2) is 28.9 Å². The monoisotopic (exact) mass is 275 g/mol. The van der Waals surface area contributed by atoms with Gasteiger partial charge in [0.15, 0.2) is 0 Å². The Hall–Kier alpha value is -1.58. The van der Waals surface area contributed by atoms with Crippen LogP contribution in [0.3, 0.4) is 0 Å². The average Bonchev–Trinajstić information content (AvgIpc) is 2.79. The van der Waals surface area contributed by atoms with Crippen LogP contribution in [0.15, 0.2) is 18.3 Å². The number of rotatable bonds is 6. The summed E-state index contributed by atoms with van der Waals surface area (Å²) in [6.45, 7) is 8.98. The van der Waals surface area contributed by atoms with E-state index in [0.717, 1.165) is 30.9 Å². The third kappa shape index (κ3) is 3.71. The van der Waals surface area contributed by atoms with E-state index in [1.807, 2.05) is 23.2 Å². The Morgan fingerprint density at radius 3 is 2.95 bits per heavy atom. The van der Waals surface area contributed by atoms with Gasteiger partial charge in [0.25, 0.3) is 0 Å². The van der Waals surface area contributed by atoms with Crippen LogP contribution in [0.5, 0.6) is 0 Å². The zero-order chi connectivity index (χ0) is 14.5. The first-order valence-corrected chi connectivity index (χ1v) is 7.56. The summed E-state index contributed by atoms with van der Waals surface area (Å²) in [5, 5.41) is 3.35. The van der Waals surface area contributed by atoms with Crippen LogP contribution >= 0.6 is 0 Å². The van der Waals surface area contributed by atoms with Gasteiger partial charge in [-0.05, 0) is 30.4 Å². The molecule has 0 aromatic carbocycles. The first-order valence-electron chi connectivity index (χ1n) is 7.56. The van der Waals surface area contributed by atoms with Crippen LogP contribution in [0.1, 0.15) is 39.3 Å². The van der Waals surface area contributed by atoms with Gasteiger partial charge in [-0.25, -0.2) is 0 Å². The second kappa shape index (κ2) is 6.73. The zero-order valence-corrected chi connectivity index (χ0v) is 12.7. The highest BCUT2D eigenvalue weighted by molar-refractivity contribution is 5.78. The lowest BCUT2D eigenvalue weighted by molar-refractivity contribution is -0.128. The first-order chi connectivity index (χ1) is 9.60. The van der Waals surface area contributed by atoms with E-state index in [1.165, 1.54) is 0 Å². The van der Waals surface area contributed by atoms with E-state index in [0.29, 0.717) is 24.8 Å². The average molecular weight is 275 g/mol. The molecule has 1 aliphatic rings. The predicted molar refractivity (Wildman–Crippen MR) is 81.4 cm³/mol. The van der Waals surface area contributed by atoms with Gasteiger partial charge in [0.1, 0.15) is 0 Å². The second-order valence-corrected chi connectivity index (χ2v) is 5.95. The van der Waals surface area contributed by atoms with Gasteiger partial charge >= 0.3 is 0 Å². The summed E-state index contributed by atoms with van der Waals surface area (Å²) in [6.07, 6.45) is 3.59. The summed E-state index contributed by atoms with van der Waals surface area (Å²) in [7, 11) is 0. The van der Waals surface area contributed by atoms with Crippen LogP contribution in [0.25, 0.3) is 0 Å². The number of aromatic nitrogens is 1. The van der Waals surface area contributed by atoms with E-state index < -0.39 is 0 Å². The van der Waals surface area contributed by atoms with Crippen LogP contribution in [0.2, 0.25) is 0 Å². The van der Waals surface area contributed by atoms with Gasteiger partial charge in [-0.15, -0.1) is 0 Å². The van der Waals surface area contributed by atoms with Gasteiger partial charge in [0.05, 0.1) is 12.2 Å². The van der Waals surface area contributed by atoms with E-state index in [4.69, 9.17) is 0 Å². The summed E-state index contributed by atoms with van der Waals surface area (Å²) >= 11 is 0. The molecule has 1 aromatic heterocycles. The topological polar surface area (TPSA) is 45.2 Å². The van der Waals surface area contributed by atoms with Crippen molar-refractivity contribution in [3.8, 4) is 0 Å². The molecule has 4 nitrogen and oxygen atoms in total. The van der Waals surface area contributed by atoms with Gasteiger partial charge in [-0.3, -0.25) is 9.78 Å². The molecular formula is C16H25N3O. The molecule has 4 heteroatoms. The Labute approximate surface area is 121 Å². The summed E-state index contributed by atoms with van der Waals surface area (Å²) in [5.41, 5.74) is 2.05. The lowest BCUT2D eigenvalue weighted by atomic mass is 9.95. The number of likely N-dealkylation sites (tertiary alicyclic amines) is 1. The summed E-state index contributed by atoms with van der Waals surface area (Å²) in [4.78, 5) is 18.4. The van der Waals surface area contributed by atoms with Crippen molar-refractivity contribution in [1.29, 1.82) is 0 Å². The highest BCUT2D eigenvalue weighted by Gasteiger charge is 2.31. The van der Waals surface area contributed by atoms with Crippen molar-refractivity contribution in [2.24, 2.45) is 11.8 Å². The molecule has 0 aliphatic carbocycles. The van der Waals surface area contributed by atoms with E-state index >= 15 is 0 Å². The van der Waals surface area contributed by atoms with Gasteiger partial charge in [0, 0.05) is 31.4 Å². The predicted octanol–water partition coefficient (Wildman–Crippen LogP) is 2.91. The molecule has 1 amide bonds. The number of anilines is 1. The normalized spacial score (nSPS) is 18.9. The molecule has 0 bridgehead atoms. The number of carbonyl (C=O) groups excluding carboxylic acids is 1. The van der Waals surface area contributed by atoms with E-state index in [1.54, 1.807) is 0 Å². The van der Waals surface area contributed by atoms with Crippen molar-refractivity contribution in [3.63, 3.8) is 0 Å². The van der Waals surface area contributed by atoms with Gasteiger partial charge < -0.3 is 10.2 Å². The molecule has 2 rings (SSSR count). The van der Waals surface area contributed by atoms with E-state index in [-0.39, 0.29) is 5.91 Å². The minimum absolute atomic E-state index is 0.262. The lowest BCUT2D eigenvalue weighted by Gasteiger charge is -2.18. The van der Waals surface area contributed by atoms with Crippen molar-refractivity contribution in [3.05, 3.63) is 24.0 Å². The molecule has 0 saturated carbocycles. The summed E-state index contributed by atoms with van der Waals surface area (Å²) < 4.78 is 0. The Balaban J connectivity index is 1.98. The molecule has 1 saturated heterocycles. The van der Waals surface area contributed by atoms with E-state index in [2.05, 4.69) is 31.1 Å². The summed E-state index contributed by atoms with van der Waals surface area (Å²) in [5.74, 6) is 1.32. The van der Waals surface area contributed by atoms with Gasteiger partial charge in [-0.2, -0.15) is 0 Å². The number of hydrogen-bond acceptors (Lipinski definition) is 3. The van der Waals surface area contributed by atoms with E-state index in [9.17, 15) is 4.79 Å². The number of pyridine rings is 1. The number of amides is 1. The second-order valence-electron chi connectivity index (χ2n) is 5.95. The zero-order valence-electron chi connectivity index (χ0n) is 12.7. The fourth-order valence-corrected chi connectivity index (χ4v) is 2.54. The highest BCUT2D eigenvalue weighted by atomic mass is 16.2. The fraction of sp³-hybridized carbons (Fsp3) is 0.625. The molecule has 20 heavy (non-hydrogen) atoms. The molecule has 1 unspecified atom stereocenters. The third-order valence-corrected chi connectivity index (χ3v) is 3.94. The Kier molecular flexibility index (Phi) is 4.99. The summed E-state index contributed by atoms with van der Waals surface area (Å²) in [6, 6.07) is 4.02. The van der Waals surface area contributed by atoms with Crippen molar-refractivity contribution < 1.29 is 4.79 Å². The van der Waals surface area contributed by atoms with Crippen LogP contribution in [-0.2, 0) is 11.3 Å². The van der Waals surface area contributed by atoms with Gasteiger partial charge in [-0.1, -0.05) is 20.8 Å². The lowest BCUT2D eigenvalue weighted by Crippen LogP contribution is -2.25. The molecule has 0 spiro atoms. The maximum Gasteiger partial charge on any atom is 0.223 e. The van der Waals surface area contributed by atoms with Crippen LogP contribution in [0, 0.1) is 11.8 Å². The molecule has 1 N–H and O–H groups in total. The largest absolute Gasteiger partial charge is 0.385 e. The minimum Gasteiger partial charge on any atom is -0.385 e. The molecule has 0 radical (unpaired) electrons. The van der Waals surface area contributed by atoms with Gasteiger partial charge in [0.2, 0.25) is 5.91 Å². The SMILES string of the molecule is CCCNc1ccnc(CN2CC(C(C)C)CC2=O)c1. The molecule has 1 aliphatic heterocycles. The third-order valence-electron chi connectivity index (χ3n) is 3.94. The Morgan fingerprint density at radius 2 is 2.30 bits per heavy atom. The number of nitrogens with zero attached hydrogens (tertiary/aromatic N) is 2. The quantitative estimate of drug-likeness (QED) is 0.868. The Morgan fingerprint density at radius 1 is 1.50 bits per heavy atom. The number of nitrogens with one attached hydrogen (secondary N) is 1. The smallest absolute Gasteiger partial charge is 0.223 e. The molecule has 2 heterocycles.